The molecular weight excluding hydrogens is 222 g/mol. The topological polar surface area (TPSA) is 21.5 Å². The molecule has 0 unspecified atom stereocenters. The molecule has 1 aromatic carbocycles. The molecular formula is C13H8ClNO. The van der Waals surface area contributed by atoms with Gasteiger partial charge < -0.3 is 4.40 Å². The van der Waals surface area contributed by atoms with Crippen LogP contribution in [-0.2, 0) is 0 Å². The molecule has 2 heterocycles. The highest BCUT2D eigenvalue weighted by Crippen LogP contribution is 2.20. The molecule has 0 N–H and O–H groups in total. The predicted octanol–water partition coefficient (Wildman–Crippen LogP) is 3.11. The standard InChI is InChI=1S/C13H8ClNO/c14-10-2-4-13-9(7-10)1-3-11-8-12(16)5-6-15(11)13/h1-8H. The molecule has 2 aromatic heterocycles. The number of rotatable bonds is 0. The fraction of sp³-hybridized carbons (Fsp3) is 0. The molecule has 0 saturated heterocycles. The van der Waals surface area contributed by atoms with Crippen LogP contribution in [0.2, 0.25) is 5.02 Å². The molecule has 3 rings (SSSR count). The zero-order chi connectivity index (χ0) is 11.1. The minimum atomic E-state index is 0.0216. The molecule has 0 fully saturated rings. The summed E-state index contributed by atoms with van der Waals surface area (Å²) in [5, 5.41) is 1.77. The summed E-state index contributed by atoms with van der Waals surface area (Å²) in [5.74, 6) is 0. The molecule has 0 bridgehead atoms. The van der Waals surface area contributed by atoms with Gasteiger partial charge in [0.1, 0.15) is 0 Å². The number of pyridine rings is 2. The van der Waals surface area contributed by atoms with Crippen molar-refractivity contribution < 1.29 is 0 Å². The molecule has 2 nitrogen and oxygen atoms in total. The third-order valence-electron chi connectivity index (χ3n) is 2.64. The smallest absolute Gasteiger partial charge is 0.182 e. The van der Waals surface area contributed by atoms with Crippen LogP contribution in [0.5, 0.6) is 0 Å². The maximum Gasteiger partial charge on any atom is 0.182 e. The van der Waals surface area contributed by atoms with E-state index >= 15 is 0 Å². The summed E-state index contributed by atoms with van der Waals surface area (Å²) in [6.45, 7) is 0. The molecule has 3 heteroatoms. The van der Waals surface area contributed by atoms with Crippen molar-refractivity contribution in [2.75, 3.05) is 0 Å². The average molecular weight is 230 g/mol. The molecule has 3 aromatic rings. The normalized spacial score (nSPS) is 11.1. The highest BCUT2D eigenvalue weighted by atomic mass is 35.5. The van der Waals surface area contributed by atoms with Crippen LogP contribution in [0.25, 0.3) is 16.4 Å². The summed E-state index contributed by atoms with van der Waals surface area (Å²) < 4.78 is 1.98. The summed E-state index contributed by atoms with van der Waals surface area (Å²) >= 11 is 5.94. The lowest BCUT2D eigenvalue weighted by Crippen LogP contribution is -2.00. The quantitative estimate of drug-likeness (QED) is 0.543. The number of hydrogen-bond donors (Lipinski definition) is 0. The highest BCUT2D eigenvalue weighted by molar-refractivity contribution is 6.31. The van der Waals surface area contributed by atoms with Crippen LogP contribution in [0.4, 0.5) is 0 Å². The van der Waals surface area contributed by atoms with Crippen molar-refractivity contribution in [3.8, 4) is 0 Å². The van der Waals surface area contributed by atoms with Crippen LogP contribution in [0.3, 0.4) is 0 Å². The van der Waals surface area contributed by atoms with E-state index < -0.39 is 0 Å². The molecule has 0 aliphatic carbocycles. The molecule has 16 heavy (non-hydrogen) atoms. The lowest BCUT2D eigenvalue weighted by Gasteiger charge is -2.06. The minimum absolute atomic E-state index is 0.0216. The zero-order valence-corrected chi connectivity index (χ0v) is 9.11. The van der Waals surface area contributed by atoms with E-state index in [4.69, 9.17) is 11.6 Å². The number of aromatic nitrogens is 1. The maximum atomic E-state index is 11.2. The van der Waals surface area contributed by atoms with Gasteiger partial charge >= 0.3 is 0 Å². The van der Waals surface area contributed by atoms with Crippen LogP contribution in [0, 0.1) is 0 Å². The van der Waals surface area contributed by atoms with Gasteiger partial charge in [-0.1, -0.05) is 17.7 Å². The minimum Gasteiger partial charge on any atom is -0.316 e. The van der Waals surface area contributed by atoms with Gasteiger partial charge in [0, 0.05) is 34.3 Å². The van der Waals surface area contributed by atoms with E-state index in [0.717, 1.165) is 16.4 Å². The van der Waals surface area contributed by atoms with Crippen LogP contribution in [0.1, 0.15) is 0 Å². The molecule has 0 radical (unpaired) electrons. The van der Waals surface area contributed by atoms with Crippen molar-refractivity contribution in [3.63, 3.8) is 0 Å². The number of benzene rings is 1. The first kappa shape index (κ1) is 9.43. The Morgan fingerprint density at radius 3 is 2.75 bits per heavy atom. The highest BCUT2D eigenvalue weighted by Gasteiger charge is 1.99. The summed E-state index contributed by atoms with van der Waals surface area (Å²) in [5.41, 5.74) is 1.96. The van der Waals surface area contributed by atoms with Crippen LogP contribution < -0.4 is 5.43 Å². The largest absolute Gasteiger partial charge is 0.316 e. The van der Waals surface area contributed by atoms with E-state index in [1.54, 1.807) is 18.3 Å². The van der Waals surface area contributed by atoms with E-state index in [-0.39, 0.29) is 5.43 Å². The van der Waals surface area contributed by atoms with E-state index in [9.17, 15) is 4.79 Å². The monoisotopic (exact) mass is 229 g/mol. The van der Waals surface area contributed by atoms with Gasteiger partial charge in [0.05, 0.1) is 5.52 Å². The van der Waals surface area contributed by atoms with Crippen LogP contribution >= 0.6 is 11.6 Å². The Bertz CT molecular complexity index is 746. The Morgan fingerprint density at radius 2 is 1.88 bits per heavy atom. The van der Waals surface area contributed by atoms with Crippen molar-refractivity contribution >= 4 is 28.0 Å². The third kappa shape index (κ3) is 1.39. The van der Waals surface area contributed by atoms with Crippen molar-refractivity contribution in [2.24, 2.45) is 0 Å². The van der Waals surface area contributed by atoms with Crippen LogP contribution in [0.15, 0.2) is 53.5 Å². The SMILES string of the molecule is O=c1ccn2c(ccc3cc(Cl)ccc32)c1. The number of fused-ring (bicyclic) bond motifs is 3. The first-order valence-corrected chi connectivity index (χ1v) is 5.32. The molecule has 0 saturated carbocycles. The molecule has 0 aliphatic heterocycles. The Balaban J connectivity index is 2.54. The van der Waals surface area contributed by atoms with E-state index in [0.29, 0.717) is 5.02 Å². The fourth-order valence-electron chi connectivity index (χ4n) is 1.90. The Labute approximate surface area is 96.7 Å². The Morgan fingerprint density at radius 1 is 1.00 bits per heavy atom. The lowest BCUT2D eigenvalue weighted by molar-refractivity contribution is 1.22. The number of nitrogens with zero attached hydrogens (tertiary/aromatic N) is 1. The molecule has 0 spiro atoms. The summed E-state index contributed by atoms with van der Waals surface area (Å²) in [6.07, 6.45) is 1.79. The molecule has 0 aliphatic rings. The lowest BCUT2D eigenvalue weighted by atomic mass is 10.2. The van der Waals surface area contributed by atoms with Gasteiger partial charge in [-0.05, 0) is 24.3 Å². The summed E-state index contributed by atoms with van der Waals surface area (Å²) in [6, 6.07) is 12.8. The van der Waals surface area contributed by atoms with Gasteiger partial charge in [-0.15, -0.1) is 0 Å². The van der Waals surface area contributed by atoms with Gasteiger partial charge in [0.2, 0.25) is 0 Å². The second-order valence-electron chi connectivity index (χ2n) is 3.69. The van der Waals surface area contributed by atoms with Gasteiger partial charge in [-0.2, -0.15) is 0 Å². The first-order valence-electron chi connectivity index (χ1n) is 4.95. The van der Waals surface area contributed by atoms with Gasteiger partial charge in [0.25, 0.3) is 0 Å². The van der Waals surface area contributed by atoms with E-state index in [1.807, 2.05) is 34.7 Å². The average Bonchev–Trinajstić information content (AvgIpc) is 2.28. The molecule has 0 atom stereocenters. The second kappa shape index (κ2) is 3.35. The van der Waals surface area contributed by atoms with Crippen molar-refractivity contribution in [2.45, 2.75) is 0 Å². The zero-order valence-electron chi connectivity index (χ0n) is 8.35. The number of hydrogen-bond acceptors (Lipinski definition) is 1. The Hall–Kier alpha value is -1.80. The molecule has 78 valence electrons. The molecule has 0 amide bonds. The van der Waals surface area contributed by atoms with Gasteiger partial charge in [-0.3, -0.25) is 4.79 Å². The second-order valence-corrected chi connectivity index (χ2v) is 4.13. The van der Waals surface area contributed by atoms with Gasteiger partial charge in [-0.25, -0.2) is 0 Å². The van der Waals surface area contributed by atoms with Crippen molar-refractivity contribution in [1.82, 2.24) is 4.40 Å². The maximum absolute atomic E-state index is 11.2. The summed E-state index contributed by atoms with van der Waals surface area (Å²) in [7, 11) is 0. The van der Waals surface area contributed by atoms with E-state index in [1.165, 1.54) is 0 Å². The van der Waals surface area contributed by atoms with E-state index in [2.05, 4.69) is 0 Å². The van der Waals surface area contributed by atoms with Gasteiger partial charge in [0.15, 0.2) is 5.43 Å². The summed E-state index contributed by atoms with van der Waals surface area (Å²) in [4.78, 5) is 11.2. The van der Waals surface area contributed by atoms with Crippen molar-refractivity contribution in [1.29, 1.82) is 0 Å². The predicted molar refractivity (Wildman–Crippen MR) is 66.2 cm³/mol. The number of halogens is 1. The fourth-order valence-corrected chi connectivity index (χ4v) is 2.08. The Kier molecular flexibility index (Phi) is 1.98. The van der Waals surface area contributed by atoms with Crippen LogP contribution in [-0.4, -0.2) is 4.40 Å². The first-order chi connectivity index (χ1) is 7.74. The van der Waals surface area contributed by atoms with Crippen molar-refractivity contribution in [3.05, 3.63) is 63.9 Å². The third-order valence-corrected chi connectivity index (χ3v) is 2.87.